The Balaban J connectivity index is 0.000000459. The first kappa shape index (κ1) is 16.9. The fourth-order valence-electron chi connectivity index (χ4n) is 1.19. The number of benzene rings is 1. The SMILES string of the molecule is CCCC(=O)O.NC(Cc1ccc(O)cc1)C(=O)O. The van der Waals surface area contributed by atoms with Crippen LogP contribution in [0.4, 0.5) is 0 Å². The zero-order chi connectivity index (χ0) is 14.8. The van der Waals surface area contributed by atoms with E-state index in [1.54, 1.807) is 12.1 Å². The number of carboxylic acids is 2. The maximum absolute atomic E-state index is 10.4. The Morgan fingerprint density at radius 1 is 1.21 bits per heavy atom. The molecule has 0 aromatic heterocycles. The predicted octanol–water partition coefficient (Wildman–Crippen LogP) is 1.22. The number of hydrogen-bond acceptors (Lipinski definition) is 4. The van der Waals surface area contributed by atoms with E-state index >= 15 is 0 Å². The summed E-state index contributed by atoms with van der Waals surface area (Å²) in [7, 11) is 0. The number of hydrogen-bond donors (Lipinski definition) is 4. The minimum atomic E-state index is -1.02. The van der Waals surface area contributed by atoms with Gasteiger partial charge in [0.1, 0.15) is 11.8 Å². The lowest BCUT2D eigenvalue weighted by atomic mass is 10.1. The smallest absolute Gasteiger partial charge is 0.320 e. The van der Waals surface area contributed by atoms with Crippen molar-refractivity contribution in [3.8, 4) is 5.75 Å². The molecular formula is C13H19NO5. The van der Waals surface area contributed by atoms with Gasteiger partial charge in [0.15, 0.2) is 0 Å². The molecule has 0 saturated carbocycles. The van der Waals surface area contributed by atoms with Crippen LogP contribution in [0.3, 0.4) is 0 Å². The van der Waals surface area contributed by atoms with Crippen LogP contribution >= 0.6 is 0 Å². The van der Waals surface area contributed by atoms with Crippen LogP contribution in [0.1, 0.15) is 25.3 Å². The van der Waals surface area contributed by atoms with E-state index in [-0.39, 0.29) is 12.2 Å². The van der Waals surface area contributed by atoms with Crippen molar-refractivity contribution in [2.75, 3.05) is 0 Å². The van der Waals surface area contributed by atoms with Gasteiger partial charge in [0.05, 0.1) is 0 Å². The Labute approximate surface area is 111 Å². The minimum Gasteiger partial charge on any atom is -0.508 e. The zero-order valence-corrected chi connectivity index (χ0v) is 10.7. The molecule has 1 aromatic carbocycles. The highest BCUT2D eigenvalue weighted by molar-refractivity contribution is 5.73. The van der Waals surface area contributed by atoms with E-state index in [4.69, 9.17) is 21.1 Å². The van der Waals surface area contributed by atoms with Gasteiger partial charge in [-0.1, -0.05) is 19.1 Å². The van der Waals surface area contributed by atoms with Crippen LogP contribution in [0.5, 0.6) is 5.75 Å². The molecule has 0 aliphatic rings. The summed E-state index contributed by atoms with van der Waals surface area (Å²) in [6.07, 6.45) is 1.30. The van der Waals surface area contributed by atoms with E-state index in [0.717, 1.165) is 12.0 Å². The average molecular weight is 269 g/mol. The largest absolute Gasteiger partial charge is 0.508 e. The minimum absolute atomic E-state index is 0.160. The van der Waals surface area contributed by atoms with Crippen molar-refractivity contribution >= 4 is 11.9 Å². The Kier molecular flexibility index (Phi) is 7.95. The van der Waals surface area contributed by atoms with Gasteiger partial charge in [-0.15, -0.1) is 0 Å². The molecule has 0 heterocycles. The first-order valence-corrected chi connectivity index (χ1v) is 5.84. The van der Waals surface area contributed by atoms with Crippen LogP contribution in [-0.4, -0.2) is 33.3 Å². The molecule has 0 saturated heterocycles. The molecule has 1 unspecified atom stereocenters. The maximum Gasteiger partial charge on any atom is 0.320 e. The van der Waals surface area contributed by atoms with Crippen LogP contribution in [0.15, 0.2) is 24.3 Å². The predicted molar refractivity (Wildman–Crippen MR) is 70.0 cm³/mol. The second-order valence-corrected chi connectivity index (χ2v) is 3.96. The molecule has 6 nitrogen and oxygen atoms in total. The zero-order valence-electron chi connectivity index (χ0n) is 10.7. The van der Waals surface area contributed by atoms with E-state index in [0.29, 0.717) is 6.42 Å². The van der Waals surface area contributed by atoms with E-state index in [1.807, 2.05) is 6.92 Å². The van der Waals surface area contributed by atoms with Crippen LogP contribution < -0.4 is 5.73 Å². The highest BCUT2D eigenvalue weighted by Gasteiger charge is 2.11. The molecule has 0 radical (unpaired) electrons. The molecule has 0 fully saturated rings. The molecule has 0 aliphatic heterocycles. The highest BCUT2D eigenvalue weighted by atomic mass is 16.4. The molecule has 19 heavy (non-hydrogen) atoms. The van der Waals surface area contributed by atoms with Crippen LogP contribution in [-0.2, 0) is 16.0 Å². The van der Waals surface area contributed by atoms with E-state index in [2.05, 4.69) is 0 Å². The average Bonchev–Trinajstić information content (AvgIpc) is 2.32. The molecule has 0 bridgehead atoms. The van der Waals surface area contributed by atoms with Gasteiger partial charge in [0.25, 0.3) is 0 Å². The van der Waals surface area contributed by atoms with Gasteiger partial charge in [0.2, 0.25) is 0 Å². The quantitative estimate of drug-likeness (QED) is 0.637. The standard InChI is InChI=1S/C9H11NO3.C4H8O2/c10-8(9(12)13)5-6-1-3-7(11)4-2-6;1-2-3-4(5)6/h1-4,8,11H,5,10H2,(H,12,13);2-3H2,1H3,(H,5,6). The van der Waals surface area contributed by atoms with E-state index < -0.39 is 18.0 Å². The van der Waals surface area contributed by atoms with E-state index in [9.17, 15) is 9.59 Å². The van der Waals surface area contributed by atoms with Crippen LogP contribution in [0.2, 0.25) is 0 Å². The molecular weight excluding hydrogens is 250 g/mol. The second-order valence-electron chi connectivity index (χ2n) is 3.96. The third-order valence-corrected chi connectivity index (χ3v) is 2.17. The number of carbonyl (C=O) groups is 2. The van der Waals surface area contributed by atoms with Crippen LogP contribution in [0, 0.1) is 0 Å². The number of phenols is 1. The van der Waals surface area contributed by atoms with Crippen molar-refractivity contribution < 1.29 is 24.9 Å². The van der Waals surface area contributed by atoms with Crippen molar-refractivity contribution in [2.45, 2.75) is 32.2 Å². The highest BCUT2D eigenvalue weighted by Crippen LogP contribution is 2.10. The van der Waals surface area contributed by atoms with Gasteiger partial charge in [-0.25, -0.2) is 0 Å². The van der Waals surface area contributed by atoms with Gasteiger partial charge < -0.3 is 21.1 Å². The maximum atomic E-state index is 10.4. The third-order valence-electron chi connectivity index (χ3n) is 2.17. The number of nitrogens with two attached hydrogens (primary N) is 1. The summed E-state index contributed by atoms with van der Waals surface area (Å²) >= 11 is 0. The molecule has 6 heteroatoms. The van der Waals surface area contributed by atoms with Crippen molar-refractivity contribution in [1.82, 2.24) is 0 Å². The number of rotatable bonds is 5. The normalized spacial score (nSPS) is 11.1. The number of phenolic OH excluding ortho intramolecular Hbond substituents is 1. The summed E-state index contributed by atoms with van der Waals surface area (Å²) in [6, 6.07) is 5.42. The van der Waals surface area contributed by atoms with Crippen molar-refractivity contribution in [3.63, 3.8) is 0 Å². The van der Waals surface area contributed by atoms with Gasteiger partial charge >= 0.3 is 11.9 Å². The van der Waals surface area contributed by atoms with Crippen molar-refractivity contribution in [1.29, 1.82) is 0 Å². The summed E-state index contributed by atoms with van der Waals surface area (Å²) < 4.78 is 0. The molecule has 5 N–H and O–H groups in total. The Morgan fingerprint density at radius 2 is 1.74 bits per heavy atom. The van der Waals surface area contributed by atoms with Crippen LogP contribution in [0.25, 0.3) is 0 Å². The summed E-state index contributed by atoms with van der Waals surface area (Å²) in [6.45, 7) is 1.84. The summed E-state index contributed by atoms with van der Waals surface area (Å²) in [5.74, 6) is -1.57. The summed E-state index contributed by atoms with van der Waals surface area (Å²) in [4.78, 5) is 20.0. The van der Waals surface area contributed by atoms with E-state index in [1.165, 1.54) is 12.1 Å². The Morgan fingerprint density at radius 3 is 2.05 bits per heavy atom. The van der Waals surface area contributed by atoms with Gasteiger partial charge in [-0.2, -0.15) is 0 Å². The van der Waals surface area contributed by atoms with Gasteiger partial charge in [-0.3, -0.25) is 9.59 Å². The van der Waals surface area contributed by atoms with Crippen molar-refractivity contribution in [2.24, 2.45) is 5.73 Å². The number of carboxylic acid groups (broad SMARTS) is 2. The summed E-state index contributed by atoms with van der Waals surface area (Å²) in [5.41, 5.74) is 6.12. The molecule has 1 rings (SSSR count). The lowest BCUT2D eigenvalue weighted by molar-refractivity contribution is -0.139. The lowest BCUT2D eigenvalue weighted by Gasteiger charge is -2.05. The second kappa shape index (κ2) is 8.93. The Hall–Kier alpha value is -2.08. The lowest BCUT2D eigenvalue weighted by Crippen LogP contribution is -2.32. The number of aromatic hydroxyl groups is 1. The molecule has 1 atom stereocenters. The monoisotopic (exact) mass is 269 g/mol. The molecule has 106 valence electrons. The topological polar surface area (TPSA) is 121 Å². The van der Waals surface area contributed by atoms with Gasteiger partial charge in [-0.05, 0) is 30.5 Å². The molecule has 0 amide bonds. The fourth-order valence-corrected chi connectivity index (χ4v) is 1.19. The van der Waals surface area contributed by atoms with Crippen molar-refractivity contribution in [3.05, 3.63) is 29.8 Å². The first-order valence-electron chi connectivity index (χ1n) is 5.84. The molecule has 0 aliphatic carbocycles. The first-order chi connectivity index (χ1) is 8.86. The van der Waals surface area contributed by atoms with Gasteiger partial charge in [0, 0.05) is 6.42 Å². The molecule has 1 aromatic rings. The molecule has 0 spiro atoms. The Bertz CT molecular complexity index is 402. The summed E-state index contributed by atoms with van der Waals surface area (Å²) in [5, 5.41) is 25.4. The third kappa shape index (κ3) is 8.62. The fraction of sp³-hybridized carbons (Fsp3) is 0.385. The number of aliphatic carboxylic acids is 2.